The molecule has 35 heavy (non-hydrogen) atoms. The van der Waals surface area contributed by atoms with Gasteiger partial charge in [-0.3, -0.25) is 4.68 Å². The number of hydrogen-bond acceptors (Lipinski definition) is 6. The lowest BCUT2D eigenvalue weighted by atomic mass is 10.1. The van der Waals surface area contributed by atoms with Crippen LogP contribution in [0.5, 0.6) is 5.75 Å². The van der Waals surface area contributed by atoms with E-state index in [-0.39, 0.29) is 5.75 Å². The first kappa shape index (κ1) is 25.9. The molecule has 0 radical (unpaired) electrons. The molecule has 0 bridgehead atoms. The van der Waals surface area contributed by atoms with Crippen LogP contribution in [-0.2, 0) is 16.0 Å². The Morgan fingerprint density at radius 2 is 1.74 bits per heavy atom. The van der Waals surface area contributed by atoms with Crippen LogP contribution in [0.4, 0.5) is 18.0 Å². The van der Waals surface area contributed by atoms with Gasteiger partial charge in [0.25, 0.3) is 0 Å². The molecule has 188 valence electrons. The van der Waals surface area contributed by atoms with Crippen LogP contribution in [-0.4, -0.2) is 47.5 Å². The van der Waals surface area contributed by atoms with E-state index in [2.05, 4.69) is 15.2 Å². The molecule has 0 spiro atoms. The monoisotopic (exact) mass is 493 g/mol. The SMILES string of the molecule is COC(=O)c1ccc2c(c1)c(-c1ccc(OC(F)(F)F)cc1)nn2CCCNC(=O)OC(C)(C)C. The van der Waals surface area contributed by atoms with Gasteiger partial charge >= 0.3 is 18.4 Å². The average Bonchev–Trinajstić information content (AvgIpc) is 3.12. The number of rotatable bonds is 7. The van der Waals surface area contributed by atoms with E-state index in [9.17, 15) is 22.8 Å². The van der Waals surface area contributed by atoms with Gasteiger partial charge in [-0.1, -0.05) is 0 Å². The lowest BCUT2D eigenvalue weighted by Gasteiger charge is -2.19. The van der Waals surface area contributed by atoms with Crippen LogP contribution in [0, 0.1) is 0 Å². The van der Waals surface area contributed by atoms with Crippen molar-refractivity contribution < 1.29 is 37.0 Å². The molecule has 0 aliphatic rings. The number of halogens is 3. The second kappa shape index (κ2) is 10.2. The van der Waals surface area contributed by atoms with Gasteiger partial charge < -0.3 is 19.5 Å². The lowest BCUT2D eigenvalue weighted by molar-refractivity contribution is -0.274. The zero-order chi connectivity index (χ0) is 25.8. The molecule has 0 saturated carbocycles. The van der Waals surface area contributed by atoms with Crippen LogP contribution < -0.4 is 10.1 Å². The number of benzene rings is 2. The highest BCUT2D eigenvalue weighted by Gasteiger charge is 2.31. The van der Waals surface area contributed by atoms with E-state index in [1.54, 1.807) is 43.7 Å². The van der Waals surface area contributed by atoms with Crippen molar-refractivity contribution in [3.63, 3.8) is 0 Å². The molecule has 11 heteroatoms. The maximum Gasteiger partial charge on any atom is 0.573 e. The highest BCUT2D eigenvalue weighted by molar-refractivity contribution is 5.99. The number of ether oxygens (including phenoxy) is 3. The minimum absolute atomic E-state index is 0.310. The predicted octanol–water partition coefficient (Wildman–Crippen LogP) is 5.30. The Morgan fingerprint density at radius 1 is 1.06 bits per heavy atom. The molecule has 3 aromatic rings. The molecule has 0 fully saturated rings. The number of alkyl carbamates (subject to hydrolysis) is 1. The van der Waals surface area contributed by atoms with Gasteiger partial charge in [0.05, 0.1) is 18.2 Å². The van der Waals surface area contributed by atoms with Crippen molar-refractivity contribution >= 4 is 23.0 Å². The molecule has 1 aromatic heterocycles. The molecule has 2 aromatic carbocycles. The third kappa shape index (κ3) is 7.11. The van der Waals surface area contributed by atoms with Crippen molar-refractivity contribution in [1.29, 1.82) is 0 Å². The van der Waals surface area contributed by atoms with E-state index in [0.717, 1.165) is 0 Å². The number of nitrogens with zero attached hydrogens (tertiary/aromatic N) is 2. The second-order valence-electron chi connectivity index (χ2n) is 8.65. The van der Waals surface area contributed by atoms with E-state index in [4.69, 9.17) is 9.47 Å². The number of aryl methyl sites for hydroxylation is 1. The van der Waals surface area contributed by atoms with Gasteiger partial charge in [-0.05, 0) is 69.7 Å². The Balaban J connectivity index is 1.85. The number of aromatic nitrogens is 2. The number of fused-ring (bicyclic) bond motifs is 1. The standard InChI is InChI=1S/C24H26F3N3O5/c1-23(2,3)35-22(32)28-12-5-13-30-19-11-8-16(21(31)33-4)14-18(19)20(29-30)15-6-9-17(10-7-15)34-24(25,26)27/h6-11,14H,5,12-13H2,1-4H3,(H,28,32). The third-order valence-electron chi connectivity index (χ3n) is 4.75. The molecule has 0 saturated heterocycles. The van der Waals surface area contributed by atoms with E-state index >= 15 is 0 Å². The predicted molar refractivity (Wildman–Crippen MR) is 122 cm³/mol. The van der Waals surface area contributed by atoms with Crippen LogP contribution in [0.1, 0.15) is 37.6 Å². The van der Waals surface area contributed by atoms with Crippen molar-refractivity contribution in [3.05, 3.63) is 48.0 Å². The highest BCUT2D eigenvalue weighted by Crippen LogP contribution is 2.31. The summed E-state index contributed by atoms with van der Waals surface area (Å²) in [6.45, 7) is 6.09. The van der Waals surface area contributed by atoms with Crippen LogP contribution in [0.15, 0.2) is 42.5 Å². The van der Waals surface area contributed by atoms with Gasteiger partial charge in [0.2, 0.25) is 0 Å². The van der Waals surface area contributed by atoms with E-state index in [1.807, 2.05) is 0 Å². The number of carbonyl (C=O) groups is 2. The summed E-state index contributed by atoms with van der Waals surface area (Å²) >= 11 is 0. The summed E-state index contributed by atoms with van der Waals surface area (Å²) in [6, 6.07) is 10.3. The van der Waals surface area contributed by atoms with Crippen LogP contribution in [0.25, 0.3) is 22.2 Å². The Labute approximate surface area is 200 Å². The average molecular weight is 493 g/mol. The van der Waals surface area contributed by atoms with E-state index in [1.165, 1.54) is 31.4 Å². The lowest BCUT2D eigenvalue weighted by Crippen LogP contribution is -2.33. The molecule has 3 rings (SSSR count). The van der Waals surface area contributed by atoms with Crippen molar-refractivity contribution in [3.8, 4) is 17.0 Å². The molecule has 1 N–H and O–H groups in total. The fourth-order valence-corrected chi connectivity index (χ4v) is 3.36. The Morgan fingerprint density at radius 3 is 2.34 bits per heavy atom. The maximum absolute atomic E-state index is 12.5. The minimum Gasteiger partial charge on any atom is -0.465 e. The van der Waals surface area contributed by atoms with Gasteiger partial charge in [-0.15, -0.1) is 13.2 Å². The van der Waals surface area contributed by atoms with Gasteiger partial charge in [-0.25, -0.2) is 9.59 Å². The van der Waals surface area contributed by atoms with Crippen LogP contribution in [0.2, 0.25) is 0 Å². The first-order valence-corrected chi connectivity index (χ1v) is 10.8. The number of carbonyl (C=O) groups excluding carboxylic acids is 2. The van der Waals surface area contributed by atoms with Gasteiger partial charge in [0, 0.05) is 24.0 Å². The minimum atomic E-state index is -4.79. The Bertz CT molecular complexity index is 1200. The van der Waals surface area contributed by atoms with Gasteiger partial charge in [-0.2, -0.15) is 5.10 Å². The molecule has 0 aliphatic heterocycles. The highest BCUT2D eigenvalue weighted by atomic mass is 19.4. The second-order valence-corrected chi connectivity index (χ2v) is 8.65. The molecule has 1 amide bonds. The summed E-state index contributed by atoms with van der Waals surface area (Å²) in [6.07, 6.45) is -4.78. The van der Waals surface area contributed by atoms with E-state index < -0.39 is 24.0 Å². The van der Waals surface area contributed by atoms with Gasteiger partial charge in [0.1, 0.15) is 17.0 Å². The molecule has 1 heterocycles. The summed E-state index contributed by atoms with van der Waals surface area (Å²) < 4.78 is 53.1. The number of esters is 1. The van der Waals surface area contributed by atoms with Crippen LogP contribution in [0.3, 0.4) is 0 Å². The molecule has 0 unspecified atom stereocenters. The maximum atomic E-state index is 12.5. The summed E-state index contributed by atoms with van der Waals surface area (Å²) in [4.78, 5) is 23.9. The number of hydrogen-bond donors (Lipinski definition) is 1. The van der Waals surface area contributed by atoms with E-state index in [0.29, 0.717) is 47.2 Å². The zero-order valence-corrected chi connectivity index (χ0v) is 19.7. The zero-order valence-electron chi connectivity index (χ0n) is 19.7. The fourth-order valence-electron chi connectivity index (χ4n) is 3.36. The third-order valence-corrected chi connectivity index (χ3v) is 4.75. The largest absolute Gasteiger partial charge is 0.573 e. The number of amides is 1. The van der Waals surface area contributed by atoms with Gasteiger partial charge in [0.15, 0.2) is 0 Å². The topological polar surface area (TPSA) is 91.7 Å². The molecule has 0 aliphatic carbocycles. The smallest absolute Gasteiger partial charge is 0.465 e. The molecule has 8 nitrogen and oxygen atoms in total. The van der Waals surface area contributed by atoms with Crippen LogP contribution >= 0.6 is 0 Å². The summed E-state index contributed by atoms with van der Waals surface area (Å²) in [5.74, 6) is -0.880. The number of alkyl halides is 3. The quantitative estimate of drug-likeness (QED) is 0.355. The normalized spacial score (nSPS) is 11.9. The first-order valence-electron chi connectivity index (χ1n) is 10.8. The van der Waals surface area contributed by atoms with Crippen molar-refractivity contribution in [2.75, 3.05) is 13.7 Å². The molecule has 0 atom stereocenters. The summed E-state index contributed by atoms with van der Waals surface area (Å²) in [7, 11) is 1.27. The summed E-state index contributed by atoms with van der Waals surface area (Å²) in [5, 5.41) is 7.93. The molecular formula is C24H26F3N3O5. The fraction of sp³-hybridized carbons (Fsp3) is 0.375. The Kier molecular flexibility index (Phi) is 7.57. The van der Waals surface area contributed by atoms with Crippen molar-refractivity contribution in [2.45, 2.75) is 45.7 Å². The number of methoxy groups -OCH3 is 1. The first-order chi connectivity index (χ1) is 16.4. The Hall–Kier alpha value is -3.76. The van der Waals surface area contributed by atoms with Crippen molar-refractivity contribution in [2.24, 2.45) is 0 Å². The van der Waals surface area contributed by atoms with Crippen molar-refractivity contribution in [1.82, 2.24) is 15.1 Å². The summed E-state index contributed by atoms with van der Waals surface area (Å²) in [5.41, 5.74) is 1.43. The molecular weight excluding hydrogens is 467 g/mol. The number of nitrogens with one attached hydrogen (secondary N) is 1.